The third-order valence-corrected chi connectivity index (χ3v) is 2.09. The van der Waals surface area contributed by atoms with Crippen LogP contribution in [0.4, 0.5) is 0 Å². The van der Waals surface area contributed by atoms with E-state index in [2.05, 4.69) is 46.0 Å². The van der Waals surface area contributed by atoms with Crippen LogP contribution in [0.1, 0.15) is 33.6 Å². The van der Waals surface area contributed by atoms with Crippen LogP contribution in [0.5, 0.6) is 0 Å². The lowest BCUT2D eigenvalue weighted by molar-refractivity contribution is 0.253. The molecule has 0 saturated carbocycles. The van der Waals surface area contributed by atoms with Crippen molar-refractivity contribution in [3.8, 4) is 6.19 Å². The van der Waals surface area contributed by atoms with Crippen molar-refractivity contribution >= 4 is 0 Å². The first-order chi connectivity index (χ1) is 6.85. The Balaban J connectivity index is 3.69. The maximum Gasteiger partial charge on any atom is 0.179 e. The van der Waals surface area contributed by atoms with Crippen LogP contribution in [-0.4, -0.2) is 43.5 Å². The molecule has 0 bridgehead atoms. The number of hydrogen-bond acceptors (Lipinski definition) is 3. The predicted molar refractivity (Wildman–Crippen MR) is 64.4 cm³/mol. The molecule has 0 aromatic rings. The molecular weight excluding hydrogens is 186 g/mol. The number of nitrogens with zero attached hydrogens (tertiary/aromatic N) is 3. The summed E-state index contributed by atoms with van der Waals surface area (Å²) in [7, 11) is 4.16. The maximum absolute atomic E-state index is 8.96. The molecule has 3 nitrogen and oxygen atoms in total. The van der Waals surface area contributed by atoms with Crippen molar-refractivity contribution in [2.45, 2.75) is 33.6 Å². The topological polar surface area (TPSA) is 30.3 Å². The molecule has 3 heteroatoms. The highest BCUT2D eigenvalue weighted by Crippen LogP contribution is 2.14. The second kappa shape index (κ2) is 6.68. The molecule has 0 fully saturated rings. The van der Waals surface area contributed by atoms with Crippen molar-refractivity contribution in [1.29, 1.82) is 5.26 Å². The van der Waals surface area contributed by atoms with Gasteiger partial charge in [0.2, 0.25) is 0 Å². The van der Waals surface area contributed by atoms with Crippen molar-refractivity contribution in [3.05, 3.63) is 0 Å². The van der Waals surface area contributed by atoms with Crippen LogP contribution in [0, 0.1) is 16.9 Å². The third kappa shape index (κ3) is 9.55. The highest BCUT2D eigenvalue weighted by atomic mass is 15.1. The van der Waals surface area contributed by atoms with Crippen molar-refractivity contribution in [3.63, 3.8) is 0 Å². The molecule has 0 radical (unpaired) electrons. The summed E-state index contributed by atoms with van der Waals surface area (Å²) in [5.74, 6) is 0. The van der Waals surface area contributed by atoms with Gasteiger partial charge in [-0.1, -0.05) is 20.8 Å². The molecule has 0 heterocycles. The summed E-state index contributed by atoms with van der Waals surface area (Å²) < 4.78 is 0. The molecule has 0 N–H and O–H groups in total. The highest BCUT2D eigenvalue weighted by molar-refractivity contribution is 4.78. The fourth-order valence-electron chi connectivity index (χ4n) is 1.47. The monoisotopic (exact) mass is 211 g/mol. The van der Waals surface area contributed by atoms with Gasteiger partial charge in [0.25, 0.3) is 0 Å². The van der Waals surface area contributed by atoms with Gasteiger partial charge < -0.3 is 9.80 Å². The third-order valence-electron chi connectivity index (χ3n) is 2.09. The van der Waals surface area contributed by atoms with E-state index < -0.39 is 0 Å². The number of hydrogen-bond donors (Lipinski definition) is 0. The second-order valence-corrected chi connectivity index (χ2v) is 5.59. The van der Waals surface area contributed by atoms with Crippen molar-refractivity contribution < 1.29 is 0 Å². The molecular formula is C12H25N3. The first kappa shape index (κ1) is 14.2. The Kier molecular flexibility index (Phi) is 6.35. The molecule has 88 valence electrons. The van der Waals surface area contributed by atoms with E-state index in [-0.39, 0.29) is 5.41 Å². The summed E-state index contributed by atoms with van der Waals surface area (Å²) in [5.41, 5.74) is 0.206. The van der Waals surface area contributed by atoms with Gasteiger partial charge in [-0.05, 0) is 38.9 Å². The molecule has 0 amide bonds. The van der Waals surface area contributed by atoms with Gasteiger partial charge in [0, 0.05) is 13.1 Å². The van der Waals surface area contributed by atoms with Crippen LogP contribution in [-0.2, 0) is 0 Å². The number of nitriles is 1. The largest absolute Gasteiger partial charge is 0.310 e. The Hall–Kier alpha value is -0.750. The van der Waals surface area contributed by atoms with E-state index in [9.17, 15) is 0 Å². The Bertz CT molecular complexity index is 198. The van der Waals surface area contributed by atoms with E-state index >= 15 is 0 Å². The summed E-state index contributed by atoms with van der Waals surface area (Å²) in [6.07, 6.45) is 4.53. The van der Waals surface area contributed by atoms with E-state index in [1.165, 1.54) is 0 Å². The van der Waals surface area contributed by atoms with Gasteiger partial charge >= 0.3 is 0 Å². The normalized spacial score (nSPS) is 11.5. The molecule has 0 spiro atoms. The molecule has 0 aliphatic rings. The van der Waals surface area contributed by atoms with Gasteiger partial charge in [-0.3, -0.25) is 0 Å². The molecule has 0 aromatic heterocycles. The summed E-state index contributed by atoms with van der Waals surface area (Å²) in [6.45, 7) is 9.34. The SMILES string of the molecule is CN(C)CCCCN(C#N)CC(C)(C)C. The smallest absolute Gasteiger partial charge is 0.179 e. The summed E-state index contributed by atoms with van der Waals surface area (Å²) in [5, 5.41) is 8.96. The van der Waals surface area contributed by atoms with E-state index in [1.54, 1.807) is 0 Å². The zero-order valence-electron chi connectivity index (χ0n) is 10.9. The molecule has 0 aliphatic heterocycles. The lowest BCUT2D eigenvalue weighted by Gasteiger charge is -2.25. The van der Waals surface area contributed by atoms with Crippen LogP contribution in [0.3, 0.4) is 0 Å². The van der Waals surface area contributed by atoms with E-state index in [1.807, 2.05) is 4.90 Å². The molecule has 0 aliphatic carbocycles. The summed E-state index contributed by atoms with van der Waals surface area (Å²) >= 11 is 0. The Morgan fingerprint density at radius 3 is 2.00 bits per heavy atom. The molecule has 0 saturated heterocycles. The predicted octanol–water partition coefficient (Wildman–Crippen LogP) is 2.16. The van der Waals surface area contributed by atoms with Crippen LogP contribution in [0.25, 0.3) is 0 Å². The van der Waals surface area contributed by atoms with Gasteiger partial charge in [0.15, 0.2) is 6.19 Å². The average Bonchev–Trinajstić information content (AvgIpc) is 2.08. The van der Waals surface area contributed by atoms with Gasteiger partial charge in [0.1, 0.15) is 0 Å². The van der Waals surface area contributed by atoms with Gasteiger partial charge in [-0.25, -0.2) is 0 Å². The van der Waals surface area contributed by atoms with Crippen LogP contribution in [0.15, 0.2) is 0 Å². The van der Waals surface area contributed by atoms with Gasteiger partial charge in [-0.2, -0.15) is 5.26 Å². The van der Waals surface area contributed by atoms with Crippen LogP contribution >= 0.6 is 0 Å². The Labute approximate surface area is 94.7 Å². The Morgan fingerprint density at radius 1 is 1.07 bits per heavy atom. The van der Waals surface area contributed by atoms with Gasteiger partial charge in [-0.15, -0.1) is 0 Å². The fraction of sp³-hybridized carbons (Fsp3) is 0.917. The van der Waals surface area contributed by atoms with Crippen molar-refractivity contribution in [2.24, 2.45) is 5.41 Å². The van der Waals surface area contributed by atoms with Crippen molar-refractivity contribution in [1.82, 2.24) is 9.80 Å². The van der Waals surface area contributed by atoms with E-state index in [4.69, 9.17) is 5.26 Å². The molecule has 0 rings (SSSR count). The molecule has 0 unspecified atom stereocenters. The molecule has 0 atom stereocenters. The second-order valence-electron chi connectivity index (χ2n) is 5.59. The highest BCUT2D eigenvalue weighted by Gasteiger charge is 2.14. The zero-order chi connectivity index (χ0) is 11.9. The quantitative estimate of drug-likeness (QED) is 0.383. The van der Waals surface area contributed by atoms with Crippen molar-refractivity contribution in [2.75, 3.05) is 33.7 Å². The van der Waals surface area contributed by atoms with Crippen LogP contribution in [0.2, 0.25) is 0 Å². The zero-order valence-corrected chi connectivity index (χ0v) is 10.9. The minimum absolute atomic E-state index is 0.206. The van der Waals surface area contributed by atoms with E-state index in [0.717, 1.165) is 32.5 Å². The van der Waals surface area contributed by atoms with Crippen LogP contribution < -0.4 is 0 Å². The lowest BCUT2D eigenvalue weighted by atomic mass is 9.96. The first-order valence-electron chi connectivity index (χ1n) is 5.64. The van der Waals surface area contributed by atoms with E-state index in [0.29, 0.717) is 0 Å². The number of unbranched alkanes of at least 4 members (excludes halogenated alkanes) is 1. The fourth-order valence-corrected chi connectivity index (χ4v) is 1.47. The van der Waals surface area contributed by atoms with Gasteiger partial charge in [0.05, 0.1) is 0 Å². The molecule has 0 aromatic carbocycles. The first-order valence-corrected chi connectivity index (χ1v) is 5.64. The average molecular weight is 211 g/mol. The standard InChI is InChI=1S/C12H25N3/c1-12(2,3)10-15(11-13)9-7-6-8-14(4)5/h6-10H2,1-5H3. The molecule has 15 heavy (non-hydrogen) atoms. The lowest BCUT2D eigenvalue weighted by Crippen LogP contribution is -2.30. The maximum atomic E-state index is 8.96. The minimum Gasteiger partial charge on any atom is -0.310 e. The summed E-state index contributed by atoms with van der Waals surface area (Å²) in [4.78, 5) is 4.05. The Morgan fingerprint density at radius 2 is 1.60 bits per heavy atom. The summed E-state index contributed by atoms with van der Waals surface area (Å²) in [6, 6.07) is 0. The minimum atomic E-state index is 0.206. The number of rotatable bonds is 6.